The number of benzene rings is 3. The number of carboxylic acid groups (broad SMARTS) is 1. The van der Waals surface area contributed by atoms with E-state index in [-0.39, 0.29) is 17.1 Å². The van der Waals surface area contributed by atoms with Crippen molar-refractivity contribution < 1.29 is 23.4 Å². The third kappa shape index (κ3) is 3.13. The van der Waals surface area contributed by atoms with Crippen molar-refractivity contribution in [2.75, 3.05) is 4.31 Å². The van der Waals surface area contributed by atoms with Gasteiger partial charge in [0.15, 0.2) is 0 Å². The van der Waals surface area contributed by atoms with Crippen LogP contribution in [0, 0.1) is 6.92 Å². The van der Waals surface area contributed by atoms with Crippen LogP contribution in [0.1, 0.15) is 23.6 Å². The van der Waals surface area contributed by atoms with Crippen molar-refractivity contribution in [2.45, 2.75) is 24.3 Å². The van der Waals surface area contributed by atoms with Crippen molar-refractivity contribution in [3.8, 4) is 16.9 Å². The SMILES string of the molecule is Cc1cc(S(=O)(=O)N2c3ccccc3-c3ccccc3C2CC(=O)O)ccc1O. The largest absolute Gasteiger partial charge is 0.508 e. The number of phenolic OH excluding ortho intramolecular Hbond substituents is 1. The number of hydrogen-bond acceptors (Lipinski definition) is 4. The first-order chi connectivity index (χ1) is 13.8. The number of sulfonamides is 1. The Kier molecular flexibility index (Phi) is 4.55. The molecular formula is C22H19NO5S. The average molecular weight is 409 g/mol. The van der Waals surface area contributed by atoms with Crippen molar-refractivity contribution in [1.82, 2.24) is 0 Å². The molecule has 3 aromatic rings. The fourth-order valence-corrected chi connectivity index (χ4v) is 5.51. The molecule has 1 heterocycles. The summed E-state index contributed by atoms with van der Waals surface area (Å²) in [5.74, 6) is -1.10. The number of phenols is 1. The van der Waals surface area contributed by atoms with E-state index in [1.54, 1.807) is 31.2 Å². The van der Waals surface area contributed by atoms with Crippen LogP contribution in [0.2, 0.25) is 0 Å². The highest BCUT2D eigenvalue weighted by atomic mass is 32.2. The van der Waals surface area contributed by atoms with E-state index < -0.39 is 22.0 Å². The summed E-state index contributed by atoms with van der Waals surface area (Å²) in [5, 5.41) is 19.3. The van der Waals surface area contributed by atoms with Gasteiger partial charge in [0.2, 0.25) is 0 Å². The second kappa shape index (κ2) is 6.93. The van der Waals surface area contributed by atoms with Gasteiger partial charge in [-0.25, -0.2) is 8.42 Å². The van der Waals surface area contributed by atoms with Gasteiger partial charge in [0.25, 0.3) is 10.0 Å². The molecule has 2 N–H and O–H groups in total. The van der Waals surface area contributed by atoms with Crippen LogP contribution in [0.5, 0.6) is 5.75 Å². The van der Waals surface area contributed by atoms with Crippen LogP contribution in [0.15, 0.2) is 71.6 Å². The van der Waals surface area contributed by atoms with E-state index in [9.17, 15) is 23.4 Å². The van der Waals surface area contributed by atoms with Crippen LogP contribution >= 0.6 is 0 Å². The van der Waals surface area contributed by atoms with E-state index in [1.807, 2.05) is 24.3 Å². The lowest BCUT2D eigenvalue weighted by molar-refractivity contribution is -0.137. The molecule has 7 heteroatoms. The van der Waals surface area contributed by atoms with E-state index >= 15 is 0 Å². The molecule has 148 valence electrons. The monoisotopic (exact) mass is 409 g/mol. The third-order valence-electron chi connectivity index (χ3n) is 5.13. The molecule has 0 aliphatic carbocycles. The van der Waals surface area contributed by atoms with Crippen molar-refractivity contribution in [1.29, 1.82) is 0 Å². The number of carboxylic acids is 1. The zero-order valence-electron chi connectivity index (χ0n) is 15.6. The van der Waals surface area contributed by atoms with Gasteiger partial charge in [0, 0.05) is 5.56 Å². The first-order valence-electron chi connectivity index (χ1n) is 9.05. The summed E-state index contributed by atoms with van der Waals surface area (Å²) in [6, 6.07) is 17.5. The van der Waals surface area contributed by atoms with Crippen LogP contribution in [0.3, 0.4) is 0 Å². The molecule has 0 amide bonds. The topological polar surface area (TPSA) is 94.9 Å². The molecule has 0 spiro atoms. The molecule has 1 unspecified atom stereocenters. The smallest absolute Gasteiger partial charge is 0.305 e. The van der Waals surface area contributed by atoms with Gasteiger partial charge >= 0.3 is 5.97 Å². The molecule has 4 rings (SSSR count). The predicted octanol–water partition coefficient (Wildman–Crippen LogP) is 4.09. The number of nitrogens with zero attached hydrogens (tertiary/aromatic N) is 1. The van der Waals surface area contributed by atoms with Crippen molar-refractivity contribution >= 4 is 21.7 Å². The Balaban J connectivity index is 1.99. The second-order valence-electron chi connectivity index (χ2n) is 6.97. The van der Waals surface area contributed by atoms with E-state index in [2.05, 4.69) is 0 Å². The minimum absolute atomic E-state index is 0.00243. The predicted molar refractivity (Wildman–Crippen MR) is 109 cm³/mol. The number of para-hydroxylation sites is 1. The Hall–Kier alpha value is -3.32. The number of aromatic hydroxyl groups is 1. The molecule has 1 aliphatic heterocycles. The molecule has 0 aromatic heterocycles. The lowest BCUT2D eigenvalue weighted by atomic mass is 9.88. The lowest BCUT2D eigenvalue weighted by Gasteiger charge is -2.38. The number of aliphatic carboxylic acids is 1. The third-order valence-corrected chi connectivity index (χ3v) is 6.95. The Bertz CT molecular complexity index is 1220. The van der Waals surface area contributed by atoms with E-state index in [0.29, 0.717) is 16.8 Å². The molecular weight excluding hydrogens is 390 g/mol. The summed E-state index contributed by atoms with van der Waals surface area (Å²) in [4.78, 5) is 11.6. The summed E-state index contributed by atoms with van der Waals surface area (Å²) >= 11 is 0. The first kappa shape index (κ1) is 19.0. The molecule has 29 heavy (non-hydrogen) atoms. The van der Waals surface area contributed by atoms with Gasteiger partial charge in [0.05, 0.1) is 23.0 Å². The summed E-state index contributed by atoms with van der Waals surface area (Å²) in [7, 11) is -4.09. The van der Waals surface area contributed by atoms with Crippen LogP contribution in [-0.2, 0) is 14.8 Å². The van der Waals surface area contributed by atoms with Gasteiger partial charge in [-0.15, -0.1) is 0 Å². The Labute approximate surface area is 168 Å². The first-order valence-corrected chi connectivity index (χ1v) is 10.5. The van der Waals surface area contributed by atoms with Crippen molar-refractivity contribution in [3.63, 3.8) is 0 Å². The van der Waals surface area contributed by atoms with Gasteiger partial charge in [-0.2, -0.15) is 0 Å². The van der Waals surface area contributed by atoms with Crippen LogP contribution in [0.25, 0.3) is 11.1 Å². The molecule has 3 aromatic carbocycles. The van der Waals surface area contributed by atoms with E-state index in [0.717, 1.165) is 11.1 Å². The number of aryl methyl sites for hydroxylation is 1. The minimum Gasteiger partial charge on any atom is -0.508 e. The zero-order chi connectivity index (χ0) is 20.8. The maximum atomic E-state index is 13.7. The number of rotatable bonds is 4. The fraction of sp³-hybridized carbons (Fsp3) is 0.136. The summed E-state index contributed by atoms with van der Waals surface area (Å²) in [5.41, 5.74) is 3.05. The summed E-state index contributed by atoms with van der Waals surface area (Å²) in [6.45, 7) is 1.61. The quantitative estimate of drug-likeness (QED) is 0.677. The summed E-state index contributed by atoms with van der Waals surface area (Å²) < 4.78 is 28.5. The Morgan fingerprint density at radius 2 is 1.66 bits per heavy atom. The number of hydrogen-bond donors (Lipinski definition) is 2. The summed E-state index contributed by atoms with van der Waals surface area (Å²) in [6.07, 6.45) is -0.373. The zero-order valence-corrected chi connectivity index (χ0v) is 16.4. The van der Waals surface area contributed by atoms with Gasteiger partial charge in [-0.1, -0.05) is 42.5 Å². The van der Waals surface area contributed by atoms with Gasteiger partial charge < -0.3 is 10.2 Å². The Morgan fingerprint density at radius 3 is 2.34 bits per heavy atom. The van der Waals surface area contributed by atoms with E-state index in [4.69, 9.17) is 0 Å². The van der Waals surface area contributed by atoms with Gasteiger partial charge in [-0.3, -0.25) is 9.10 Å². The average Bonchev–Trinajstić information content (AvgIpc) is 2.69. The highest BCUT2D eigenvalue weighted by Crippen LogP contribution is 2.48. The molecule has 0 radical (unpaired) electrons. The maximum Gasteiger partial charge on any atom is 0.305 e. The normalized spacial score (nSPS) is 15.5. The van der Waals surface area contributed by atoms with Crippen LogP contribution < -0.4 is 4.31 Å². The highest BCUT2D eigenvalue weighted by Gasteiger charge is 2.40. The molecule has 6 nitrogen and oxygen atoms in total. The number of fused-ring (bicyclic) bond motifs is 3. The van der Waals surface area contributed by atoms with Crippen molar-refractivity contribution in [3.05, 3.63) is 77.9 Å². The molecule has 0 fully saturated rings. The Morgan fingerprint density at radius 1 is 1.00 bits per heavy atom. The van der Waals surface area contributed by atoms with Gasteiger partial charge in [-0.05, 0) is 47.9 Å². The second-order valence-corrected chi connectivity index (χ2v) is 8.78. The molecule has 1 atom stereocenters. The lowest BCUT2D eigenvalue weighted by Crippen LogP contribution is -2.38. The molecule has 0 bridgehead atoms. The van der Waals surface area contributed by atoms with E-state index in [1.165, 1.54) is 22.5 Å². The van der Waals surface area contributed by atoms with Crippen LogP contribution in [0.4, 0.5) is 5.69 Å². The molecule has 0 saturated carbocycles. The fourth-order valence-electron chi connectivity index (χ4n) is 3.78. The van der Waals surface area contributed by atoms with Crippen molar-refractivity contribution in [2.24, 2.45) is 0 Å². The number of anilines is 1. The van der Waals surface area contributed by atoms with Gasteiger partial charge in [0.1, 0.15) is 5.75 Å². The molecule has 1 aliphatic rings. The maximum absolute atomic E-state index is 13.7. The highest BCUT2D eigenvalue weighted by molar-refractivity contribution is 7.92. The molecule has 0 saturated heterocycles. The number of carbonyl (C=O) groups is 1. The van der Waals surface area contributed by atoms with Crippen LogP contribution in [-0.4, -0.2) is 24.6 Å². The minimum atomic E-state index is -4.09. The standard InChI is InChI=1S/C22H19NO5S/c1-14-12-15(10-11-21(14)24)29(27,28)23-19-9-5-4-7-17(19)16-6-2-3-8-18(16)20(23)13-22(25)26/h2-12,20,24H,13H2,1H3,(H,25,26).